The zero-order valence-corrected chi connectivity index (χ0v) is 36.8. The molecule has 4 nitrogen and oxygen atoms in total. The molecule has 62 heavy (non-hydrogen) atoms. The van der Waals surface area contributed by atoms with Crippen LogP contribution in [0.15, 0.2) is 162 Å². The fourth-order valence-corrected chi connectivity index (χ4v) is 7.90. The molecule has 0 fully saturated rings. The molecule has 0 unspecified atom stereocenters. The number of para-hydroxylation sites is 2. The Balaban J connectivity index is 0.000000323. The number of imidazole rings is 1. The van der Waals surface area contributed by atoms with Gasteiger partial charge in [0.25, 0.3) is 0 Å². The third-order valence-corrected chi connectivity index (χ3v) is 10.9. The maximum absolute atomic E-state index is 15.4. The molecule has 8 heteroatoms. The zero-order valence-electron chi connectivity index (χ0n) is 34.4. The van der Waals surface area contributed by atoms with E-state index in [0.29, 0.717) is 27.7 Å². The Morgan fingerprint density at radius 1 is 0.613 bits per heavy atom. The summed E-state index contributed by atoms with van der Waals surface area (Å²) < 4.78 is 50.6. The van der Waals surface area contributed by atoms with Gasteiger partial charge in [-0.25, -0.2) is 4.39 Å². The van der Waals surface area contributed by atoms with E-state index in [1.54, 1.807) is 18.3 Å². The van der Waals surface area contributed by atoms with E-state index in [0.717, 1.165) is 50.2 Å². The molecule has 0 N–H and O–H groups in total. The summed E-state index contributed by atoms with van der Waals surface area (Å²) >= 11 is 0. The number of hydrogen-bond donors (Lipinski definition) is 0. The van der Waals surface area contributed by atoms with Crippen LogP contribution in [-0.2, 0) is 20.1 Å². The average Bonchev–Trinajstić information content (AvgIpc) is 3.86. The molecule has 0 aliphatic heterocycles. The SMILES string of the molecule is CC(C)c1cc(-c2ccc(-c3ccccc3)cc2)cc(C(C)C)c1-n1c(-c2[c-]cc(F)c3c2oc2cc(F)ccc23)nc2ccccc21.Fc1c[c-]c(-c2ccccn2)cc1.[Ir]. The Morgan fingerprint density at radius 3 is 1.92 bits per heavy atom. The van der Waals surface area contributed by atoms with Gasteiger partial charge in [-0.15, -0.1) is 42.0 Å². The van der Waals surface area contributed by atoms with Crippen LogP contribution in [0.2, 0.25) is 0 Å². The summed E-state index contributed by atoms with van der Waals surface area (Å²) in [4.78, 5) is 9.25. The third-order valence-electron chi connectivity index (χ3n) is 10.9. The molecule has 0 saturated heterocycles. The van der Waals surface area contributed by atoms with Crippen LogP contribution in [0.25, 0.3) is 83.6 Å². The van der Waals surface area contributed by atoms with Gasteiger partial charge in [-0.1, -0.05) is 112 Å². The first-order valence-electron chi connectivity index (χ1n) is 20.3. The van der Waals surface area contributed by atoms with Crippen LogP contribution < -0.4 is 0 Å². The van der Waals surface area contributed by atoms with E-state index in [1.165, 1.54) is 41.5 Å². The van der Waals surface area contributed by atoms with Crippen LogP contribution in [0.3, 0.4) is 0 Å². The fourth-order valence-electron chi connectivity index (χ4n) is 7.90. The summed E-state index contributed by atoms with van der Waals surface area (Å²) in [6.07, 6.45) is 1.70. The largest absolute Gasteiger partial charge is 0.500 e. The van der Waals surface area contributed by atoms with Crippen molar-refractivity contribution >= 4 is 33.0 Å². The van der Waals surface area contributed by atoms with Crippen molar-refractivity contribution in [2.45, 2.75) is 39.5 Å². The van der Waals surface area contributed by atoms with Crippen LogP contribution in [0, 0.1) is 29.6 Å². The molecule has 0 atom stereocenters. The second kappa shape index (κ2) is 17.8. The van der Waals surface area contributed by atoms with E-state index in [-0.39, 0.29) is 43.3 Å². The Hall–Kier alpha value is -6.60. The maximum Gasteiger partial charge on any atom is 0.126 e. The zero-order chi connectivity index (χ0) is 42.2. The van der Waals surface area contributed by atoms with E-state index >= 15 is 4.39 Å². The van der Waals surface area contributed by atoms with E-state index in [4.69, 9.17) is 9.40 Å². The van der Waals surface area contributed by atoms with Crippen molar-refractivity contribution < 1.29 is 37.7 Å². The molecule has 1 radical (unpaired) electrons. The van der Waals surface area contributed by atoms with Gasteiger partial charge >= 0.3 is 0 Å². The first kappa shape index (κ1) is 42.1. The monoisotopic (exact) mass is 996 g/mol. The van der Waals surface area contributed by atoms with Crippen molar-refractivity contribution in [3.63, 3.8) is 0 Å². The van der Waals surface area contributed by atoms with Gasteiger partial charge in [0.1, 0.15) is 11.4 Å². The summed E-state index contributed by atoms with van der Waals surface area (Å²) in [6.45, 7) is 8.83. The van der Waals surface area contributed by atoms with Crippen LogP contribution in [0.1, 0.15) is 50.7 Å². The van der Waals surface area contributed by atoms with Gasteiger partial charge in [-0.2, -0.15) is 0 Å². The topological polar surface area (TPSA) is 43.9 Å². The van der Waals surface area contributed by atoms with Gasteiger partial charge in [0.2, 0.25) is 0 Å². The van der Waals surface area contributed by atoms with Crippen molar-refractivity contribution in [1.29, 1.82) is 0 Å². The normalized spacial score (nSPS) is 11.3. The molecular formula is C54H40F3IrN3O-2. The Morgan fingerprint density at radius 2 is 1.26 bits per heavy atom. The van der Waals surface area contributed by atoms with E-state index in [2.05, 4.69) is 116 Å². The maximum atomic E-state index is 15.4. The van der Waals surface area contributed by atoms with Gasteiger partial charge in [0, 0.05) is 55.1 Å². The summed E-state index contributed by atoms with van der Waals surface area (Å²) in [5.41, 5.74) is 12.4. The third kappa shape index (κ3) is 8.12. The number of furan rings is 1. The number of benzene rings is 7. The molecule has 7 aromatic carbocycles. The first-order valence-corrected chi connectivity index (χ1v) is 20.3. The Kier molecular flexibility index (Phi) is 12.1. The molecule has 0 saturated carbocycles. The summed E-state index contributed by atoms with van der Waals surface area (Å²) in [5.74, 6) is -0.278. The molecule has 0 aliphatic carbocycles. The number of nitrogens with zero attached hydrogens (tertiary/aromatic N) is 3. The molecule has 309 valence electrons. The molecule has 10 rings (SSSR count). The number of rotatable bonds is 7. The van der Waals surface area contributed by atoms with Crippen molar-refractivity contribution in [3.05, 3.63) is 199 Å². The van der Waals surface area contributed by atoms with Gasteiger partial charge in [-0.05, 0) is 98.8 Å². The standard InChI is InChI=1S/C43H33F2N2O.C11H7FN.Ir/c1-25(2)34-22-30(29-16-14-28(15-17-29)27-10-6-5-7-11-27)23-35(26(3)4)41(34)47-38-13-9-8-12-37(38)46-43(47)33-20-21-36(45)40-32-19-18-31(44)24-39(32)48-42(33)40;12-10-6-4-9(5-7-10)11-3-1-2-8-13-11;/h5-19,21-26H,1-4H3;1-4,6-8H;/q2*-1;. The van der Waals surface area contributed by atoms with Gasteiger partial charge in [0.15, 0.2) is 0 Å². The molecular weight excluding hydrogens is 956 g/mol. The number of fused-ring (bicyclic) bond motifs is 4. The molecule has 3 aromatic heterocycles. The molecule has 10 aromatic rings. The fraction of sp³-hybridized carbons (Fsp3) is 0.111. The minimum Gasteiger partial charge on any atom is -0.500 e. The first-order chi connectivity index (χ1) is 29.6. The van der Waals surface area contributed by atoms with E-state index in [9.17, 15) is 8.78 Å². The average molecular weight is 996 g/mol. The van der Waals surface area contributed by atoms with Crippen LogP contribution in [0.5, 0.6) is 0 Å². The summed E-state index contributed by atoms with van der Waals surface area (Å²) in [6, 6.07) is 53.2. The predicted octanol–water partition coefficient (Wildman–Crippen LogP) is 14.9. The number of hydrogen-bond acceptors (Lipinski definition) is 3. The molecule has 0 spiro atoms. The predicted molar refractivity (Wildman–Crippen MR) is 240 cm³/mol. The Bertz CT molecular complexity index is 3130. The quantitative estimate of drug-likeness (QED) is 0.149. The van der Waals surface area contributed by atoms with Crippen LogP contribution in [-0.4, -0.2) is 14.5 Å². The van der Waals surface area contributed by atoms with Crippen molar-refractivity contribution in [2.24, 2.45) is 0 Å². The van der Waals surface area contributed by atoms with Crippen molar-refractivity contribution in [2.75, 3.05) is 0 Å². The second-order valence-corrected chi connectivity index (χ2v) is 15.6. The smallest absolute Gasteiger partial charge is 0.126 e. The molecule has 0 aliphatic rings. The molecule has 3 heterocycles. The van der Waals surface area contributed by atoms with Crippen molar-refractivity contribution in [3.8, 4) is 50.6 Å². The Labute approximate surface area is 372 Å². The van der Waals surface area contributed by atoms with Gasteiger partial charge < -0.3 is 14.0 Å². The van der Waals surface area contributed by atoms with E-state index in [1.807, 2.05) is 42.5 Å². The van der Waals surface area contributed by atoms with Gasteiger partial charge in [0.05, 0.1) is 22.4 Å². The van der Waals surface area contributed by atoms with Crippen molar-refractivity contribution in [1.82, 2.24) is 14.5 Å². The number of halogens is 3. The minimum atomic E-state index is -0.477. The molecule has 0 bridgehead atoms. The number of pyridine rings is 1. The van der Waals surface area contributed by atoms with Crippen LogP contribution in [0.4, 0.5) is 13.2 Å². The number of aromatic nitrogens is 3. The van der Waals surface area contributed by atoms with Crippen LogP contribution >= 0.6 is 0 Å². The second-order valence-electron chi connectivity index (χ2n) is 15.6. The summed E-state index contributed by atoms with van der Waals surface area (Å²) in [7, 11) is 0. The minimum absolute atomic E-state index is 0. The molecule has 0 amide bonds. The van der Waals surface area contributed by atoms with E-state index < -0.39 is 11.6 Å². The van der Waals surface area contributed by atoms with Gasteiger partial charge in [-0.3, -0.25) is 13.8 Å². The summed E-state index contributed by atoms with van der Waals surface area (Å²) in [5, 5.41) is 0.801.